The third-order valence-corrected chi connectivity index (χ3v) is 4.54. The molecule has 0 atom stereocenters. The molecule has 17 heavy (non-hydrogen) atoms. The topological polar surface area (TPSA) is 55.1 Å². The van der Waals surface area contributed by atoms with E-state index in [0.29, 0.717) is 18.5 Å². The lowest BCUT2D eigenvalue weighted by Crippen LogP contribution is -2.55. The molecule has 0 radical (unpaired) electrons. The van der Waals surface area contributed by atoms with Gasteiger partial charge in [0.1, 0.15) is 0 Å². The maximum Gasteiger partial charge on any atom is 0.227 e. The van der Waals surface area contributed by atoms with E-state index in [0.717, 1.165) is 25.7 Å². The van der Waals surface area contributed by atoms with Crippen molar-refractivity contribution in [2.24, 2.45) is 17.1 Å². The SMILES string of the molecule is CC1CC(CN)(C(=O)NC2CCCCCC2)C1. The molecule has 2 saturated carbocycles. The standard InChI is InChI=1S/C14H26N2O/c1-11-8-14(9-11,10-15)13(17)16-12-6-4-2-3-5-7-12/h11-12H,2-10,15H2,1H3,(H,16,17). The fourth-order valence-corrected chi connectivity index (χ4v) is 3.48. The van der Waals surface area contributed by atoms with Gasteiger partial charge in [0.05, 0.1) is 5.41 Å². The first kappa shape index (κ1) is 12.9. The van der Waals surface area contributed by atoms with Crippen LogP contribution in [0.4, 0.5) is 0 Å². The number of rotatable bonds is 3. The maximum atomic E-state index is 12.3. The monoisotopic (exact) mass is 238 g/mol. The molecule has 98 valence electrons. The number of hydrogen-bond acceptors (Lipinski definition) is 2. The van der Waals surface area contributed by atoms with Crippen molar-refractivity contribution in [1.29, 1.82) is 0 Å². The lowest BCUT2D eigenvalue weighted by molar-refractivity contribution is -0.138. The van der Waals surface area contributed by atoms with E-state index < -0.39 is 0 Å². The van der Waals surface area contributed by atoms with Crippen molar-refractivity contribution in [3.05, 3.63) is 0 Å². The normalized spacial score (nSPS) is 34.8. The van der Waals surface area contributed by atoms with Gasteiger partial charge in [0.15, 0.2) is 0 Å². The first-order chi connectivity index (χ1) is 8.16. The average molecular weight is 238 g/mol. The lowest BCUT2D eigenvalue weighted by Gasteiger charge is -2.44. The minimum atomic E-state index is -0.230. The highest BCUT2D eigenvalue weighted by Crippen LogP contribution is 2.44. The summed E-state index contributed by atoms with van der Waals surface area (Å²) in [6.45, 7) is 2.71. The van der Waals surface area contributed by atoms with E-state index >= 15 is 0 Å². The van der Waals surface area contributed by atoms with Crippen LogP contribution in [0.15, 0.2) is 0 Å². The Morgan fingerprint density at radius 1 is 1.24 bits per heavy atom. The Labute approximate surface area is 105 Å². The van der Waals surface area contributed by atoms with Gasteiger partial charge in [0, 0.05) is 12.6 Å². The van der Waals surface area contributed by atoms with Crippen LogP contribution in [0.5, 0.6) is 0 Å². The van der Waals surface area contributed by atoms with Crippen LogP contribution < -0.4 is 11.1 Å². The van der Waals surface area contributed by atoms with Gasteiger partial charge in [-0.2, -0.15) is 0 Å². The Bertz CT molecular complexity index is 263. The number of amides is 1. The van der Waals surface area contributed by atoms with Crippen molar-refractivity contribution in [2.75, 3.05) is 6.54 Å². The quantitative estimate of drug-likeness (QED) is 0.741. The Kier molecular flexibility index (Phi) is 4.08. The molecule has 0 aliphatic heterocycles. The van der Waals surface area contributed by atoms with Gasteiger partial charge in [-0.15, -0.1) is 0 Å². The fraction of sp³-hybridized carbons (Fsp3) is 0.929. The molecule has 2 fully saturated rings. The minimum absolute atomic E-state index is 0.227. The highest BCUT2D eigenvalue weighted by molar-refractivity contribution is 5.84. The first-order valence-corrected chi connectivity index (χ1v) is 7.17. The van der Waals surface area contributed by atoms with Crippen molar-refractivity contribution in [3.8, 4) is 0 Å². The second-order valence-corrected chi connectivity index (χ2v) is 6.16. The Hall–Kier alpha value is -0.570. The molecular weight excluding hydrogens is 212 g/mol. The molecular formula is C14H26N2O. The number of hydrogen-bond donors (Lipinski definition) is 2. The van der Waals surface area contributed by atoms with Crippen LogP contribution in [0, 0.1) is 11.3 Å². The van der Waals surface area contributed by atoms with Crippen LogP contribution >= 0.6 is 0 Å². The summed E-state index contributed by atoms with van der Waals surface area (Å²) in [6.07, 6.45) is 9.43. The molecule has 0 bridgehead atoms. The van der Waals surface area contributed by atoms with Crippen molar-refractivity contribution >= 4 is 5.91 Å². The lowest BCUT2D eigenvalue weighted by atomic mass is 9.62. The number of nitrogens with two attached hydrogens (primary N) is 1. The number of nitrogens with one attached hydrogen (secondary N) is 1. The van der Waals surface area contributed by atoms with E-state index in [4.69, 9.17) is 5.73 Å². The zero-order chi connectivity index (χ0) is 12.3. The maximum absolute atomic E-state index is 12.3. The number of carbonyl (C=O) groups is 1. The van der Waals surface area contributed by atoms with Crippen molar-refractivity contribution in [2.45, 2.75) is 64.3 Å². The predicted octanol–water partition coefficient (Wildman–Crippen LogP) is 2.20. The zero-order valence-electron chi connectivity index (χ0n) is 11.0. The molecule has 2 aliphatic carbocycles. The van der Waals surface area contributed by atoms with Gasteiger partial charge >= 0.3 is 0 Å². The molecule has 1 amide bonds. The van der Waals surface area contributed by atoms with Crippen molar-refractivity contribution in [1.82, 2.24) is 5.32 Å². The van der Waals surface area contributed by atoms with Crippen LogP contribution in [0.3, 0.4) is 0 Å². The van der Waals surface area contributed by atoms with Gasteiger partial charge in [-0.1, -0.05) is 32.6 Å². The van der Waals surface area contributed by atoms with Gasteiger partial charge in [0.2, 0.25) is 5.91 Å². The van der Waals surface area contributed by atoms with Crippen LogP contribution in [-0.2, 0) is 4.79 Å². The third kappa shape index (κ3) is 2.82. The molecule has 0 aromatic heterocycles. The van der Waals surface area contributed by atoms with Gasteiger partial charge in [-0.05, 0) is 31.6 Å². The Balaban J connectivity index is 1.87. The zero-order valence-corrected chi connectivity index (χ0v) is 11.0. The van der Waals surface area contributed by atoms with E-state index in [1.165, 1.54) is 25.7 Å². The molecule has 0 unspecified atom stereocenters. The molecule has 0 spiro atoms. The largest absolute Gasteiger partial charge is 0.353 e. The Morgan fingerprint density at radius 2 is 1.82 bits per heavy atom. The van der Waals surface area contributed by atoms with E-state index in [1.54, 1.807) is 0 Å². The van der Waals surface area contributed by atoms with E-state index in [1.807, 2.05) is 0 Å². The van der Waals surface area contributed by atoms with E-state index in [-0.39, 0.29) is 11.3 Å². The molecule has 0 aromatic rings. The molecule has 3 nitrogen and oxygen atoms in total. The summed E-state index contributed by atoms with van der Waals surface area (Å²) in [5.74, 6) is 0.892. The molecule has 0 aromatic carbocycles. The second kappa shape index (κ2) is 5.38. The van der Waals surface area contributed by atoms with Crippen LogP contribution in [0.1, 0.15) is 58.3 Å². The van der Waals surface area contributed by atoms with Crippen molar-refractivity contribution in [3.63, 3.8) is 0 Å². The molecule has 2 rings (SSSR count). The smallest absolute Gasteiger partial charge is 0.227 e. The minimum Gasteiger partial charge on any atom is -0.353 e. The summed E-state index contributed by atoms with van der Waals surface area (Å²) in [7, 11) is 0. The van der Waals surface area contributed by atoms with Crippen LogP contribution in [-0.4, -0.2) is 18.5 Å². The number of carbonyl (C=O) groups excluding carboxylic acids is 1. The van der Waals surface area contributed by atoms with E-state index in [2.05, 4.69) is 12.2 Å². The van der Waals surface area contributed by atoms with Crippen molar-refractivity contribution < 1.29 is 4.79 Å². The predicted molar refractivity (Wildman–Crippen MR) is 69.5 cm³/mol. The molecule has 3 heteroatoms. The fourth-order valence-electron chi connectivity index (χ4n) is 3.48. The summed E-state index contributed by atoms with van der Waals surface area (Å²) in [5.41, 5.74) is 5.58. The molecule has 2 aliphatic rings. The summed E-state index contributed by atoms with van der Waals surface area (Å²) in [4.78, 5) is 12.3. The van der Waals surface area contributed by atoms with Gasteiger partial charge in [-0.3, -0.25) is 4.79 Å². The molecule has 0 heterocycles. The second-order valence-electron chi connectivity index (χ2n) is 6.16. The summed E-state index contributed by atoms with van der Waals surface area (Å²) >= 11 is 0. The highest BCUT2D eigenvalue weighted by atomic mass is 16.2. The van der Waals surface area contributed by atoms with E-state index in [9.17, 15) is 4.79 Å². The molecule has 3 N–H and O–H groups in total. The van der Waals surface area contributed by atoms with Gasteiger partial charge in [-0.25, -0.2) is 0 Å². The average Bonchev–Trinajstić information content (AvgIpc) is 2.53. The van der Waals surface area contributed by atoms with Crippen LogP contribution in [0.25, 0.3) is 0 Å². The van der Waals surface area contributed by atoms with Gasteiger partial charge < -0.3 is 11.1 Å². The summed E-state index contributed by atoms with van der Waals surface area (Å²) in [5, 5.41) is 3.25. The van der Waals surface area contributed by atoms with Crippen LogP contribution in [0.2, 0.25) is 0 Å². The highest BCUT2D eigenvalue weighted by Gasteiger charge is 2.47. The summed E-state index contributed by atoms with van der Waals surface area (Å²) in [6, 6.07) is 0.407. The Morgan fingerprint density at radius 3 is 2.29 bits per heavy atom. The molecule has 0 saturated heterocycles. The third-order valence-electron chi connectivity index (χ3n) is 4.54. The van der Waals surface area contributed by atoms with Gasteiger partial charge in [0.25, 0.3) is 0 Å². The summed E-state index contributed by atoms with van der Waals surface area (Å²) < 4.78 is 0. The first-order valence-electron chi connectivity index (χ1n) is 7.17.